The first-order valence-corrected chi connectivity index (χ1v) is 49.6. The van der Waals surface area contributed by atoms with Crippen LogP contribution in [-0.2, 0) is 21.7 Å². The molecule has 4 atom stereocenters. The van der Waals surface area contributed by atoms with Crippen LogP contribution < -0.4 is 41.5 Å². The maximum absolute atomic E-state index is 5.80. The molecular weight excluding hydrogens is 1470 g/mol. The van der Waals surface area contributed by atoms with E-state index in [4.69, 9.17) is 21.3 Å². The largest absolute Gasteiger partial charge is 4.00 e. The van der Waals surface area contributed by atoms with Gasteiger partial charge in [0.25, 0.3) is 0 Å². The minimum Gasteiger partial charge on any atom is -0.647 e. The average Bonchev–Trinajstić information content (AvgIpc) is 1.66. The van der Waals surface area contributed by atoms with E-state index in [0.29, 0.717) is 0 Å². The summed E-state index contributed by atoms with van der Waals surface area (Å²) in [4.78, 5) is 0. The quantitative estimate of drug-likeness (QED) is 0.0683. The SMILES string of the molecule is CC1=CC(C)([N-]C2([SiH](c3ccccc3)c3ccccc3)CCCC2)C(C)=C1C.CC1=CC(C)([N-]C2([SiH](c3ccccc3)c3ccccc3)CCCC2)C(C)=C1C.CC1=CC(C)([N-]C2([SiH](c3ccccc3)c3ccccc3)CCCC2)C(C)=C1C.CC1=CC(C)([N-]C2([SiH](c3ccccc3)c3ccccc3)CCCC2)C(C)=C1C.[Ti+4]. The van der Waals surface area contributed by atoms with Crippen molar-refractivity contribution in [1.29, 1.82) is 0 Å². The second-order valence-electron chi connectivity index (χ2n) is 35.6. The molecule has 0 spiro atoms. The van der Waals surface area contributed by atoms with Crippen molar-refractivity contribution in [1.82, 2.24) is 0 Å². The van der Waals surface area contributed by atoms with E-state index in [0.717, 1.165) is 0 Å². The minimum atomic E-state index is -1.53. The van der Waals surface area contributed by atoms with Gasteiger partial charge in [0, 0.05) is 0 Å². The molecule has 584 valence electrons. The van der Waals surface area contributed by atoms with Gasteiger partial charge in [-0.15, -0.1) is 20.6 Å². The van der Waals surface area contributed by atoms with Gasteiger partial charge in [-0.3, -0.25) is 0 Å². The van der Waals surface area contributed by atoms with Crippen LogP contribution in [0.1, 0.15) is 214 Å². The summed E-state index contributed by atoms with van der Waals surface area (Å²) in [6.45, 7) is 36.5. The van der Waals surface area contributed by atoms with Crippen molar-refractivity contribution in [3.05, 3.63) is 355 Å². The molecule has 0 N–H and O–H groups in total. The fourth-order valence-corrected chi connectivity index (χ4v) is 38.7. The Hall–Kier alpha value is -6.90. The van der Waals surface area contributed by atoms with Crippen molar-refractivity contribution < 1.29 is 21.7 Å². The fraction of sp³-hybridized carbons (Fsp3) is 0.385. The Kier molecular flexibility index (Phi) is 27.5. The van der Waals surface area contributed by atoms with E-state index in [2.05, 4.69) is 378 Å². The monoisotopic (exact) mass is 1590 g/mol. The summed E-state index contributed by atoms with van der Waals surface area (Å²) in [6, 6.07) is 90.0. The van der Waals surface area contributed by atoms with E-state index in [-0.39, 0.29) is 64.5 Å². The smallest absolute Gasteiger partial charge is 0.647 e. The predicted octanol–water partition coefficient (Wildman–Crippen LogP) is 21.2. The average molecular weight is 1590 g/mol. The van der Waals surface area contributed by atoms with Crippen LogP contribution in [0.2, 0.25) is 0 Å². The van der Waals surface area contributed by atoms with Crippen molar-refractivity contribution in [3.8, 4) is 0 Å². The standard InChI is InChI=1S/4C26H32NSi.Ti/c4*1-20-19-25(4,22(3)21(20)2)27-26(17-11-12-18-26)28(23-13-7-5-8-14-23)24-15-9-6-10-16-24;/h4*5-10,13-16,19,28H,11-12,17-18H2,1-4H3;/q4*-1;+4. The molecule has 8 aliphatic carbocycles. The fourth-order valence-electron chi connectivity index (χ4n) is 21.8. The van der Waals surface area contributed by atoms with E-state index in [9.17, 15) is 0 Å². The van der Waals surface area contributed by atoms with E-state index in [1.165, 1.54) is 211 Å². The molecular formula is C104H128N4Si4Ti. The second-order valence-corrected chi connectivity index (χ2v) is 48.7. The Morgan fingerprint density at radius 2 is 0.327 bits per heavy atom. The van der Waals surface area contributed by atoms with Crippen molar-refractivity contribution in [2.75, 3.05) is 0 Å². The predicted molar refractivity (Wildman–Crippen MR) is 498 cm³/mol. The van der Waals surface area contributed by atoms with Crippen molar-refractivity contribution in [2.45, 2.75) is 256 Å². The van der Waals surface area contributed by atoms with Gasteiger partial charge in [-0.2, -0.15) is 0 Å². The Bertz CT molecular complexity index is 4020. The van der Waals surface area contributed by atoms with Crippen molar-refractivity contribution in [2.24, 2.45) is 0 Å². The zero-order chi connectivity index (χ0) is 79.1. The van der Waals surface area contributed by atoms with Gasteiger partial charge in [0.05, 0.1) is 35.2 Å². The molecule has 8 aromatic carbocycles. The Morgan fingerprint density at radius 1 is 0.204 bits per heavy atom. The van der Waals surface area contributed by atoms with Gasteiger partial charge < -0.3 is 21.3 Å². The number of benzene rings is 8. The van der Waals surface area contributed by atoms with Gasteiger partial charge in [-0.1, -0.05) is 528 Å². The molecule has 0 amide bonds. The first-order valence-electron chi connectivity index (χ1n) is 42.7. The molecule has 4 fully saturated rings. The first-order chi connectivity index (χ1) is 53.8. The van der Waals surface area contributed by atoms with Crippen LogP contribution in [0.15, 0.2) is 334 Å². The van der Waals surface area contributed by atoms with E-state index in [1.54, 1.807) is 0 Å². The normalized spacial score (nSPS) is 23.9. The van der Waals surface area contributed by atoms with Gasteiger partial charge in [-0.05, 0) is 83.1 Å². The van der Waals surface area contributed by atoms with Crippen molar-refractivity contribution >= 4 is 76.7 Å². The zero-order valence-corrected chi connectivity index (χ0v) is 77.5. The van der Waals surface area contributed by atoms with Gasteiger partial charge >= 0.3 is 21.7 Å². The number of rotatable bonds is 20. The zero-order valence-electron chi connectivity index (χ0n) is 71.3. The number of hydrogen-bond acceptors (Lipinski definition) is 0. The molecule has 0 heterocycles. The Morgan fingerprint density at radius 3 is 0.434 bits per heavy atom. The van der Waals surface area contributed by atoms with Crippen LogP contribution in [-0.4, -0.2) is 78.0 Å². The summed E-state index contributed by atoms with van der Waals surface area (Å²) in [5.41, 5.74) is 16.4. The number of allylic oxidation sites excluding steroid dienone is 8. The molecule has 8 aliphatic rings. The Labute approximate surface area is 704 Å². The van der Waals surface area contributed by atoms with Gasteiger partial charge in [0.2, 0.25) is 0 Å². The Balaban J connectivity index is 0.000000139. The van der Waals surface area contributed by atoms with Crippen LogP contribution in [0, 0.1) is 0 Å². The summed E-state index contributed by atoms with van der Waals surface area (Å²) >= 11 is 0. The van der Waals surface area contributed by atoms with Crippen LogP contribution in [0.5, 0.6) is 0 Å². The molecule has 8 aromatic rings. The number of hydrogen-bond donors (Lipinski definition) is 0. The molecule has 0 aromatic heterocycles. The molecule has 4 saturated carbocycles. The molecule has 113 heavy (non-hydrogen) atoms. The number of nitrogens with zero attached hydrogens (tertiary/aromatic N) is 4. The summed E-state index contributed by atoms with van der Waals surface area (Å²) in [5.74, 6) is 0. The van der Waals surface area contributed by atoms with Crippen LogP contribution in [0.3, 0.4) is 0 Å². The topological polar surface area (TPSA) is 56.4 Å². The molecule has 9 heteroatoms. The van der Waals surface area contributed by atoms with E-state index in [1.807, 2.05) is 0 Å². The first kappa shape index (κ1) is 85.5. The van der Waals surface area contributed by atoms with Gasteiger partial charge in [-0.25, -0.2) is 0 Å². The third-order valence-corrected chi connectivity index (χ3v) is 44.1. The van der Waals surface area contributed by atoms with Crippen molar-refractivity contribution in [3.63, 3.8) is 0 Å². The summed E-state index contributed by atoms with van der Waals surface area (Å²) in [5, 5.41) is 35.8. The summed E-state index contributed by atoms with van der Waals surface area (Å²) < 4.78 is 0. The molecule has 0 radical (unpaired) electrons. The molecule has 0 aliphatic heterocycles. The molecule has 0 saturated heterocycles. The van der Waals surface area contributed by atoms with Crippen LogP contribution >= 0.6 is 0 Å². The summed E-state index contributed by atoms with van der Waals surface area (Å²) in [7, 11) is -6.10. The van der Waals surface area contributed by atoms with E-state index < -0.39 is 35.2 Å². The molecule has 4 unspecified atom stereocenters. The van der Waals surface area contributed by atoms with Gasteiger partial charge in [0.1, 0.15) is 0 Å². The van der Waals surface area contributed by atoms with Crippen LogP contribution in [0.4, 0.5) is 0 Å². The third kappa shape index (κ3) is 18.0. The van der Waals surface area contributed by atoms with Crippen LogP contribution in [0.25, 0.3) is 21.3 Å². The maximum atomic E-state index is 5.80. The van der Waals surface area contributed by atoms with E-state index >= 15 is 0 Å². The molecule has 4 nitrogen and oxygen atoms in total. The minimum absolute atomic E-state index is 0. The molecule has 16 rings (SSSR count). The molecule has 0 bridgehead atoms. The second kappa shape index (κ2) is 36.3. The summed E-state index contributed by atoms with van der Waals surface area (Å²) in [6.07, 6.45) is 29.9. The van der Waals surface area contributed by atoms with Gasteiger partial charge in [0.15, 0.2) is 0 Å². The third-order valence-electron chi connectivity index (χ3n) is 28.6. The maximum Gasteiger partial charge on any atom is 4.00 e.